The molecule has 0 aliphatic heterocycles. The van der Waals surface area contributed by atoms with Crippen LogP contribution in [0.2, 0.25) is 0 Å². The van der Waals surface area contributed by atoms with E-state index >= 15 is 0 Å². The summed E-state index contributed by atoms with van der Waals surface area (Å²) < 4.78 is 68.7. The van der Waals surface area contributed by atoms with E-state index in [1.807, 2.05) is 0 Å². The fraction of sp³-hybridized carbons (Fsp3) is 0.950. The van der Waals surface area contributed by atoms with Gasteiger partial charge in [0.15, 0.2) is 12.2 Å². The Balaban J connectivity index is 5.25. The number of aliphatic hydroxyl groups is 1. The summed E-state index contributed by atoms with van der Waals surface area (Å²) in [5.41, 5.74) is 0. The molecule has 0 radical (unpaired) electrons. The van der Waals surface area contributed by atoms with Gasteiger partial charge < -0.3 is 33.8 Å². The Morgan fingerprint density at radius 2 is 0.465 bits per heavy atom. The molecule has 0 aliphatic carbocycles. The fourth-order valence-corrected chi connectivity index (χ4v) is 14.0. The van der Waals surface area contributed by atoms with E-state index in [9.17, 15) is 43.2 Å². The van der Waals surface area contributed by atoms with Crippen LogP contribution in [-0.2, 0) is 65.4 Å². The van der Waals surface area contributed by atoms with Gasteiger partial charge in [-0.05, 0) is 31.6 Å². The molecule has 0 amide bonds. The largest absolute Gasteiger partial charge is 0.472 e. The van der Waals surface area contributed by atoms with Gasteiger partial charge in [-0.2, -0.15) is 0 Å². The van der Waals surface area contributed by atoms with E-state index in [4.69, 9.17) is 37.0 Å². The minimum Gasteiger partial charge on any atom is -0.462 e. The summed E-state index contributed by atoms with van der Waals surface area (Å²) >= 11 is 0. The van der Waals surface area contributed by atoms with E-state index in [1.54, 1.807) is 0 Å². The molecule has 17 nitrogen and oxygen atoms in total. The highest BCUT2D eigenvalue weighted by Crippen LogP contribution is 2.45. The molecular formula is C80H156O17P2. The molecule has 5 atom stereocenters. The van der Waals surface area contributed by atoms with Crippen LogP contribution in [0.1, 0.15) is 426 Å². The predicted octanol–water partition coefficient (Wildman–Crippen LogP) is 24.0. The lowest BCUT2D eigenvalue weighted by molar-refractivity contribution is -0.161. The first kappa shape index (κ1) is 97.1. The molecule has 0 saturated carbocycles. The normalized spacial score (nSPS) is 13.9. The maximum Gasteiger partial charge on any atom is 0.472 e. The standard InChI is InChI=1S/C80H156O17P2/c1-6-9-12-15-18-21-24-26-28-29-31-35-41-46-51-56-61-66-80(85)97-76(70-91-78(83)64-59-54-49-44-39-36-32-33-38-42-47-52-57-62-73(4)5)72-95-99(88,89)93-68-74(81)67-92-98(86,87)94-71-75(69-90-77(82)63-58-53-48-43-37-23-20-17-14-11-8-3)96-79(84)65-60-55-50-45-40-34-30-27-25-22-19-16-13-10-7-2/h73-76,81H,6-72H2,1-5H3,(H,86,87)(H,88,89)/t74-,75+,76+/m0/s1. The van der Waals surface area contributed by atoms with Crippen LogP contribution in [-0.4, -0.2) is 96.7 Å². The summed E-state index contributed by atoms with van der Waals surface area (Å²) in [6.07, 6.45) is 63.6. The molecule has 19 heteroatoms. The molecule has 0 aromatic rings. The summed E-state index contributed by atoms with van der Waals surface area (Å²) in [6, 6.07) is 0. The Labute approximate surface area is 607 Å². The molecule has 0 aromatic carbocycles. The molecule has 0 spiro atoms. The summed E-state index contributed by atoms with van der Waals surface area (Å²) in [7, 11) is -9.92. The number of ether oxygens (including phenoxy) is 4. The van der Waals surface area contributed by atoms with Crippen LogP contribution in [0.3, 0.4) is 0 Å². The molecule has 0 fully saturated rings. The van der Waals surface area contributed by atoms with Crippen molar-refractivity contribution in [3.63, 3.8) is 0 Å². The second-order valence-corrected chi connectivity index (χ2v) is 32.2. The Morgan fingerprint density at radius 3 is 0.687 bits per heavy atom. The van der Waals surface area contributed by atoms with Gasteiger partial charge >= 0.3 is 39.5 Å². The molecule has 0 saturated heterocycles. The molecule has 0 heterocycles. The van der Waals surface area contributed by atoms with Crippen molar-refractivity contribution in [2.24, 2.45) is 5.92 Å². The monoisotopic (exact) mass is 1450 g/mol. The summed E-state index contributed by atoms with van der Waals surface area (Å²) in [4.78, 5) is 73.0. The van der Waals surface area contributed by atoms with Crippen LogP contribution in [0, 0.1) is 5.92 Å². The highest BCUT2D eigenvalue weighted by Gasteiger charge is 2.30. The quantitative estimate of drug-likeness (QED) is 0.0222. The smallest absolute Gasteiger partial charge is 0.462 e. The lowest BCUT2D eigenvalue weighted by atomic mass is 10.0. The minimum atomic E-state index is -4.96. The lowest BCUT2D eigenvalue weighted by Crippen LogP contribution is -2.30. The van der Waals surface area contributed by atoms with Gasteiger partial charge in [0.2, 0.25) is 0 Å². The van der Waals surface area contributed by atoms with Crippen LogP contribution in [0.15, 0.2) is 0 Å². The molecule has 0 aromatic heterocycles. The number of carbonyl (C=O) groups excluding carboxylic acids is 4. The van der Waals surface area contributed by atoms with Crippen LogP contribution < -0.4 is 0 Å². The van der Waals surface area contributed by atoms with Crippen molar-refractivity contribution in [2.75, 3.05) is 39.6 Å². The Kier molecular flexibility index (Phi) is 71.6. The number of hydrogen-bond donors (Lipinski definition) is 3. The van der Waals surface area contributed by atoms with Crippen LogP contribution >= 0.6 is 15.6 Å². The topological polar surface area (TPSA) is 237 Å². The van der Waals surface area contributed by atoms with E-state index in [0.717, 1.165) is 95.8 Å². The second-order valence-electron chi connectivity index (χ2n) is 29.3. The van der Waals surface area contributed by atoms with E-state index in [-0.39, 0.29) is 25.7 Å². The van der Waals surface area contributed by atoms with Gasteiger partial charge in [-0.15, -0.1) is 0 Å². The van der Waals surface area contributed by atoms with Crippen molar-refractivity contribution in [1.82, 2.24) is 0 Å². The third-order valence-corrected chi connectivity index (χ3v) is 20.7. The third-order valence-electron chi connectivity index (χ3n) is 18.8. The summed E-state index contributed by atoms with van der Waals surface area (Å²) in [5.74, 6) is -1.31. The Bertz CT molecular complexity index is 1890. The number of hydrogen-bond acceptors (Lipinski definition) is 15. The van der Waals surface area contributed by atoms with Crippen LogP contribution in [0.25, 0.3) is 0 Å². The first-order chi connectivity index (χ1) is 48.0. The first-order valence-corrected chi connectivity index (χ1v) is 44.6. The fourth-order valence-electron chi connectivity index (χ4n) is 12.4. The van der Waals surface area contributed by atoms with E-state index in [0.29, 0.717) is 25.7 Å². The molecule has 99 heavy (non-hydrogen) atoms. The second kappa shape index (κ2) is 73.0. The lowest BCUT2D eigenvalue weighted by Gasteiger charge is -2.21. The number of carbonyl (C=O) groups is 4. The van der Waals surface area contributed by atoms with Gasteiger partial charge in [-0.25, -0.2) is 9.13 Å². The first-order valence-electron chi connectivity index (χ1n) is 41.6. The predicted molar refractivity (Wildman–Crippen MR) is 405 cm³/mol. The summed E-state index contributed by atoms with van der Waals surface area (Å²) in [5, 5.41) is 10.6. The van der Waals surface area contributed by atoms with Crippen molar-refractivity contribution < 1.29 is 80.2 Å². The van der Waals surface area contributed by atoms with Crippen molar-refractivity contribution in [3.05, 3.63) is 0 Å². The van der Waals surface area contributed by atoms with Crippen molar-refractivity contribution in [3.8, 4) is 0 Å². The maximum atomic E-state index is 13.1. The number of rotatable bonds is 80. The molecule has 2 unspecified atom stereocenters. The molecule has 0 rings (SSSR count). The maximum absolute atomic E-state index is 13.1. The molecule has 588 valence electrons. The van der Waals surface area contributed by atoms with E-state index < -0.39 is 97.5 Å². The number of phosphoric acid groups is 2. The number of esters is 4. The van der Waals surface area contributed by atoms with Gasteiger partial charge in [0.05, 0.1) is 26.4 Å². The van der Waals surface area contributed by atoms with Crippen LogP contribution in [0.5, 0.6) is 0 Å². The zero-order valence-corrected chi connectivity index (χ0v) is 66.4. The van der Waals surface area contributed by atoms with Gasteiger partial charge in [0.25, 0.3) is 0 Å². The van der Waals surface area contributed by atoms with Crippen LogP contribution in [0.4, 0.5) is 0 Å². The number of unbranched alkanes of at least 4 members (excludes halogenated alkanes) is 52. The van der Waals surface area contributed by atoms with E-state index in [2.05, 4.69) is 34.6 Å². The zero-order chi connectivity index (χ0) is 72.7. The van der Waals surface area contributed by atoms with Crippen molar-refractivity contribution in [2.45, 2.75) is 445 Å². The van der Waals surface area contributed by atoms with Gasteiger partial charge in [0.1, 0.15) is 19.3 Å². The summed E-state index contributed by atoms with van der Waals surface area (Å²) in [6.45, 7) is 7.35. The van der Waals surface area contributed by atoms with E-state index in [1.165, 1.54) is 250 Å². The Hall–Kier alpha value is -1.94. The van der Waals surface area contributed by atoms with Gasteiger partial charge in [-0.1, -0.05) is 375 Å². The molecule has 3 N–H and O–H groups in total. The SMILES string of the molecule is CCCCCCCCCCCCCCCCCCCC(=O)O[C@H](COC(=O)CCCCCCCCCCCCCCCC(C)C)COP(=O)(O)OC[C@@H](O)COP(=O)(O)OC[C@@H](COC(=O)CCCCCCCCCCCCC)OC(=O)CCCCCCCCCCCCCCCCC. The molecule has 0 aliphatic rings. The highest BCUT2D eigenvalue weighted by molar-refractivity contribution is 7.47. The Morgan fingerprint density at radius 1 is 0.273 bits per heavy atom. The number of aliphatic hydroxyl groups excluding tert-OH is 1. The molecular weight excluding hydrogens is 1290 g/mol. The zero-order valence-electron chi connectivity index (χ0n) is 64.6. The van der Waals surface area contributed by atoms with Gasteiger partial charge in [-0.3, -0.25) is 37.3 Å². The molecule has 0 bridgehead atoms. The van der Waals surface area contributed by atoms with Crippen molar-refractivity contribution >= 4 is 39.5 Å². The third kappa shape index (κ3) is 74.1. The number of phosphoric ester groups is 2. The van der Waals surface area contributed by atoms with Gasteiger partial charge in [0, 0.05) is 25.7 Å². The average Bonchev–Trinajstić information content (AvgIpc) is 1.13. The average molecular weight is 1450 g/mol. The minimum absolute atomic E-state index is 0.109. The highest BCUT2D eigenvalue weighted by atomic mass is 31.2. The van der Waals surface area contributed by atoms with Crippen molar-refractivity contribution in [1.29, 1.82) is 0 Å².